The molecule has 1 amide bonds. The van der Waals surface area contributed by atoms with Crippen molar-refractivity contribution in [2.45, 2.75) is 23.2 Å². The molecule has 3 rings (SSSR count). The van der Waals surface area contributed by atoms with Crippen LogP contribution in [-0.2, 0) is 4.79 Å². The summed E-state index contributed by atoms with van der Waals surface area (Å²) in [7, 11) is 0. The molecule has 2 aromatic rings. The van der Waals surface area contributed by atoms with Crippen molar-refractivity contribution in [1.82, 2.24) is 9.88 Å². The lowest BCUT2D eigenvalue weighted by atomic mass is 10.1. The van der Waals surface area contributed by atoms with Crippen LogP contribution in [0, 0.1) is 0 Å². The fourth-order valence-corrected chi connectivity index (χ4v) is 4.34. The van der Waals surface area contributed by atoms with Crippen LogP contribution in [-0.4, -0.2) is 40.7 Å². The van der Waals surface area contributed by atoms with Crippen molar-refractivity contribution < 1.29 is 4.79 Å². The molecule has 1 aliphatic heterocycles. The van der Waals surface area contributed by atoms with Gasteiger partial charge in [0, 0.05) is 19.1 Å². The second-order valence-electron chi connectivity index (χ2n) is 4.98. The Morgan fingerprint density at radius 3 is 3.05 bits per heavy atom. The first-order chi connectivity index (χ1) is 9.72. The molecule has 1 aliphatic rings. The van der Waals surface area contributed by atoms with Gasteiger partial charge < -0.3 is 10.6 Å². The predicted octanol–water partition coefficient (Wildman–Crippen LogP) is 2.76. The number of hydrogen-bond acceptors (Lipinski definition) is 5. The summed E-state index contributed by atoms with van der Waals surface area (Å²) in [6.07, 6.45) is 2.04. The molecule has 0 radical (unpaired) electrons. The van der Waals surface area contributed by atoms with Crippen LogP contribution in [0.4, 0.5) is 0 Å². The van der Waals surface area contributed by atoms with Crippen molar-refractivity contribution >= 4 is 51.6 Å². The molecule has 1 aromatic carbocycles. The van der Waals surface area contributed by atoms with Crippen molar-refractivity contribution in [3.05, 3.63) is 24.3 Å². The van der Waals surface area contributed by atoms with Crippen molar-refractivity contribution in [1.29, 1.82) is 0 Å². The van der Waals surface area contributed by atoms with E-state index in [0.717, 1.165) is 29.2 Å². The summed E-state index contributed by atoms with van der Waals surface area (Å²) < 4.78 is 2.13. The quantitative estimate of drug-likeness (QED) is 0.870. The van der Waals surface area contributed by atoms with E-state index >= 15 is 0 Å². The first kappa shape index (κ1) is 16.5. The average Bonchev–Trinajstić information content (AvgIpc) is 2.87. The Balaban J connectivity index is 0.00000161. The SMILES string of the molecule is Cl.NC1CCCN(C(=O)CSc2nc3ccccc3s2)C1. The number of thiazole rings is 1. The van der Waals surface area contributed by atoms with Crippen molar-refractivity contribution in [2.75, 3.05) is 18.8 Å². The van der Waals surface area contributed by atoms with Gasteiger partial charge in [-0.3, -0.25) is 4.79 Å². The standard InChI is InChI=1S/C14H17N3OS2.ClH/c15-10-4-3-7-17(8-10)13(18)9-19-14-16-11-5-1-2-6-12(11)20-14;/h1-2,5-6,10H,3-4,7-9,15H2;1H. The van der Waals surface area contributed by atoms with Crippen LogP contribution in [0.25, 0.3) is 10.2 Å². The van der Waals surface area contributed by atoms with E-state index in [4.69, 9.17) is 5.73 Å². The minimum Gasteiger partial charge on any atom is -0.340 e. The maximum absolute atomic E-state index is 12.2. The van der Waals surface area contributed by atoms with Gasteiger partial charge >= 0.3 is 0 Å². The number of piperidine rings is 1. The fraction of sp³-hybridized carbons (Fsp3) is 0.429. The normalized spacial score (nSPS) is 18.5. The van der Waals surface area contributed by atoms with Crippen LogP contribution in [0.1, 0.15) is 12.8 Å². The van der Waals surface area contributed by atoms with Gasteiger partial charge in [0.25, 0.3) is 0 Å². The molecule has 7 heteroatoms. The fourth-order valence-electron chi connectivity index (χ4n) is 2.36. The van der Waals surface area contributed by atoms with Gasteiger partial charge in [0.05, 0.1) is 16.0 Å². The van der Waals surface area contributed by atoms with E-state index in [1.54, 1.807) is 11.3 Å². The molecule has 1 fully saturated rings. The number of nitrogens with two attached hydrogens (primary N) is 1. The largest absolute Gasteiger partial charge is 0.340 e. The van der Waals surface area contributed by atoms with E-state index in [1.807, 2.05) is 23.1 Å². The molecule has 1 atom stereocenters. The average molecular weight is 344 g/mol. The van der Waals surface area contributed by atoms with E-state index < -0.39 is 0 Å². The number of halogens is 1. The number of benzene rings is 1. The second-order valence-corrected chi connectivity index (χ2v) is 7.23. The van der Waals surface area contributed by atoms with Gasteiger partial charge in [0.2, 0.25) is 5.91 Å². The number of amides is 1. The van der Waals surface area contributed by atoms with Gasteiger partial charge in [0.1, 0.15) is 0 Å². The third-order valence-corrected chi connectivity index (χ3v) is 5.57. The van der Waals surface area contributed by atoms with Gasteiger partial charge in [-0.2, -0.15) is 0 Å². The predicted molar refractivity (Wildman–Crippen MR) is 91.4 cm³/mol. The van der Waals surface area contributed by atoms with Gasteiger partial charge in [-0.1, -0.05) is 23.9 Å². The van der Waals surface area contributed by atoms with E-state index in [2.05, 4.69) is 11.1 Å². The first-order valence-corrected chi connectivity index (χ1v) is 8.54. The number of likely N-dealkylation sites (tertiary alicyclic amines) is 1. The van der Waals surface area contributed by atoms with Gasteiger partial charge in [-0.25, -0.2) is 4.98 Å². The van der Waals surface area contributed by atoms with E-state index in [0.29, 0.717) is 12.3 Å². The Hall–Kier alpha value is -0.820. The minimum atomic E-state index is 0. The van der Waals surface area contributed by atoms with Gasteiger partial charge in [-0.15, -0.1) is 23.7 Å². The Morgan fingerprint density at radius 1 is 1.48 bits per heavy atom. The molecule has 2 heterocycles. The van der Waals surface area contributed by atoms with Crippen LogP contribution in [0.3, 0.4) is 0 Å². The number of para-hydroxylation sites is 1. The maximum atomic E-state index is 12.2. The van der Waals surface area contributed by atoms with E-state index in [1.165, 1.54) is 16.5 Å². The highest BCUT2D eigenvalue weighted by Gasteiger charge is 2.21. The summed E-state index contributed by atoms with van der Waals surface area (Å²) in [5.74, 6) is 0.622. The third kappa shape index (κ3) is 4.10. The molecule has 1 aromatic heterocycles. The lowest BCUT2D eigenvalue weighted by Gasteiger charge is -2.30. The first-order valence-electron chi connectivity index (χ1n) is 6.74. The zero-order valence-corrected chi connectivity index (χ0v) is 14.0. The monoisotopic (exact) mass is 343 g/mol. The Bertz CT molecular complexity index is 586. The van der Waals surface area contributed by atoms with E-state index in [9.17, 15) is 4.79 Å². The van der Waals surface area contributed by atoms with Gasteiger partial charge in [0.15, 0.2) is 4.34 Å². The van der Waals surface area contributed by atoms with Crippen molar-refractivity contribution in [3.63, 3.8) is 0 Å². The Labute approximate surface area is 138 Å². The molecule has 0 spiro atoms. The Kier molecular flexibility index (Phi) is 5.87. The molecule has 114 valence electrons. The summed E-state index contributed by atoms with van der Waals surface area (Å²) in [6.45, 7) is 1.53. The molecule has 21 heavy (non-hydrogen) atoms. The van der Waals surface area contributed by atoms with Crippen LogP contribution >= 0.6 is 35.5 Å². The van der Waals surface area contributed by atoms with Crippen LogP contribution in [0.5, 0.6) is 0 Å². The smallest absolute Gasteiger partial charge is 0.233 e. The molecule has 2 N–H and O–H groups in total. The number of nitrogens with zero attached hydrogens (tertiary/aromatic N) is 2. The summed E-state index contributed by atoms with van der Waals surface area (Å²) >= 11 is 3.17. The van der Waals surface area contributed by atoms with E-state index in [-0.39, 0.29) is 24.4 Å². The Morgan fingerprint density at radius 2 is 2.29 bits per heavy atom. The zero-order chi connectivity index (χ0) is 13.9. The van der Waals surface area contributed by atoms with Crippen LogP contribution < -0.4 is 5.73 Å². The maximum Gasteiger partial charge on any atom is 0.233 e. The highest BCUT2D eigenvalue weighted by Crippen LogP contribution is 2.29. The molecule has 0 bridgehead atoms. The summed E-state index contributed by atoms with van der Waals surface area (Å²) in [6, 6.07) is 8.19. The third-order valence-electron chi connectivity index (χ3n) is 3.40. The van der Waals surface area contributed by atoms with Crippen molar-refractivity contribution in [3.8, 4) is 0 Å². The number of rotatable bonds is 3. The highest BCUT2D eigenvalue weighted by atomic mass is 35.5. The number of carbonyl (C=O) groups is 1. The molecule has 1 saturated heterocycles. The van der Waals surface area contributed by atoms with Crippen LogP contribution in [0.2, 0.25) is 0 Å². The summed E-state index contributed by atoms with van der Waals surface area (Å²) in [4.78, 5) is 18.6. The summed E-state index contributed by atoms with van der Waals surface area (Å²) in [5, 5.41) is 0. The number of thioether (sulfide) groups is 1. The lowest BCUT2D eigenvalue weighted by Crippen LogP contribution is -2.46. The van der Waals surface area contributed by atoms with Crippen LogP contribution in [0.15, 0.2) is 28.6 Å². The molecule has 0 aliphatic carbocycles. The molecule has 0 saturated carbocycles. The minimum absolute atomic E-state index is 0. The second kappa shape index (κ2) is 7.45. The molecular weight excluding hydrogens is 326 g/mol. The number of carbonyl (C=O) groups excluding carboxylic acids is 1. The topological polar surface area (TPSA) is 59.2 Å². The molecule has 1 unspecified atom stereocenters. The number of aromatic nitrogens is 1. The zero-order valence-electron chi connectivity index (χ0n) is 11.5. The highest BCUT2D eigenvalue weighted by molar-refractivity contribution is 8.01. The summed E-state index contributed by atoms with van der Waals surface area (Å²) in [5.41, 5.74) is 6.92. The molecular formula is C14H18ClN3OS2. The number of fused-ring (bicyclic) bond motifs is 1. The van der Waals surface area contributed by atoms with Gasteiger partial charge in [-0.05, 0) is 25.0 Å². The number of hydrogen-bond donors (Lipinski definition) is 1. The lowest BCUT2D eigenvalue weighted by molar-refractivity contribution is -0.129. The molecule has 4 nitrogen and oxygen atoms in total. The van der Waals surface area contributed by atoms with Crippen molar-refractivity contribution in [2.24, 2.45) is 5.73 Å².